The maximum absolute atomic E-state index is 12.6. The number of sulfonamides is 1. The number of nitrogens with zero attached hydrogens (tertiary/aromatic N) is 3. The lowest BCUT2D eigenvalue weighted by molar-refractivity contribution is 0.129. The summed E-state index contributed by atoms with van der Waals surface area (Å²) < 4.78 is 26.6. The first-order chi connectivity index (χ1) is 9.54. The van der Waals surface area contributed by atoms with Crippen molar-refractivity contribution in [2.24, 2.45) is 11.8 Å². The van der Waals surface area contributed by atoms with E-state index in [-0.39, 0.29) is 22.4 Å². The third-order valence-electron chi connectivity index (χ3n) is 4.28. The molecule has 1 aromatic heterocycles. The summed E-state index contributed by atoms with van der Waals surface area (Å²) >= 11 is 0. The SMILES string of the molecule is N#Cc1ncccc1S(=O)(=O)N1CC2CCC(O)C2C1. The molecule has 3 atom stereocenters. The summed E-state index contributed by atoms with van der Waals surface area (Å²) in [7, 11) is -3.71. The first-order valence-electron chi connectivity index (χ1n) is 6.57. The van der Waals surface area contributed by atoms with Gasteiger partial charge in [0.05, 0.1) is 6.10 Å². The molecule has 20 heavy (non-hydrogen) atoms. The van der Waals surface area contributed by atoms with Crippen LogP contribution in [0.1, 0.15) is 18.5 Å². The lowest BCUT2D eigenvalue weighted by Gasteiger charge is -2.18. The van der Waals surface area contributed by atoms with Crippen LogP contribution >= 0.6 is 0 Å². The summed E-state index contributed by atoms with van der Waals surface area (Å²) in [5, 5.41) is 18.9. The van der Waals surface area contributed by atoms with Gasteiger partial charge in [-0.05, 0) is 30.9 Å². The van der Waals surface area contributed by atoms with Crippen molar-refractivity contribution in [3.8, 4) is 6.07 Å². The third kappa shape index (κ3) is 2.00. The van der Waals surface area contributed by atoms with Gasteiger partial charge in [-0.2, -0.15) is 9.57 Å². The Balaban J connectivity index is 1.93. The van der Waals surface area contributed by atoms with Gasteiger partial charge in [0.2, 0.25) is 10.0 Å². The Morgan fingerprint density at radius 1 is 1.40 bits per heavy atom. The van der Waals surface area contributed by atoms with Crippen molar-refractivity contribution in [2.75, 3.05) is 13.1 Å². The van der Waals surface area contributed by atoms with Gasteiger partial charge in [-0.3, -0.25) is 0 Å². The van der Waals surface area contributed by atoms with Gasteiger partial charge in [-0.1, -0.05) is 0 Å². The van der Waals surface area contributed by atoms with Crippen molar-refractivity contribution < 1.29 is 13.5 Å². The van der Waals surface area contributed by atoms with Crippen molar-refractivity contribution in [3.63, 3.8) is 0 Å². The Morgan fingerprint density at radius 2 is 2.20 bits per heavy atom. The average molecular weight is 293 g/mol. The van der Waals surface area contributed by atoms with Gasteiger partial charge in [0.15, 0.2) is 5.69 Å². The van der Waals surface area contributed by atoms with E-state index in [4.69, 9.17) is 5.26 Å². The quantitative estimate of drug-likeness (QED) is 0.848. The minimum Gasteiger partial charge on any atom is -0.393 e. The minimum atomic E-state index is -3.71. The van der Waals surface area contributed by atoms with Crippen molar-refractivity contribution in [1.29, 1.82) is 5.26 Å². The van der Waals surface area contributed by atoms with E-state index in [2.05, 4.69) is 4.98 Å². The van der Waals surface area contributed by atoms with Crippen LogP contribution in [0.3, 0.4) is 0 Å². The molecule has 0 aromatic carbocycles. The second kappa shape index (κ2) is 4.81. The number of pyridine rings is 1. The van der Waals surface area contributed by atoms with E-state index in [1.807, 2.05) is 6.07 Å². The summed E-state index contributed by atoms with van der Waals surface area (Å²) in [6, 6.07) is 4.74. The lowest BCUT2D eigenvalue weighted by Crippen LogP contribution is -2.31. The number of fused-ring (bicyclic) bond motifs is 1. The van der Waals surface area contributed by atoms with Crippen LogP contribution in [-0.2, 0) is 10.0 Å². The molecule has 6 nitrogen and oxygen atoms in total. The number of rotatable bonds is 2. The first kappa shape index (κ1) is 13.5. The molecule has 7 heteroatoms. The number of aliphatic hydroxyl groups excluding tert-OH is 1. The van der Waals surface area contributed by atoms with Gasteiger partial charge in [0, 0.05) is 25.2 Å². The molecule has 1 N–H and O–H groups in total. The normalized spacial score (nSPS) is 30.1. The molecule has 3 unspecified atom stereocenters. The van der Waals surface area contributed by atoms with Gasteiger partial charge < -0.3 is 5.11 Å². The predicted octanol–water partition coefficient (Wildman–Crippen LogP) is 0.345. The predicted molar refractivity (Wildman–Crippen MR) is 69.9 cm³/mol. The molecule has 1 saturated heterocycles. The molecule has 0 amide bonds. The highest BCUT2D eigenvalue weighted by molar-refractivity contribution is 7.89. The van der Waals surface area contributed by atoms with E-state index in [1.165, 1.54) is 22.6 Å². The molecular formula is C13H15N3O3S. The minimum absolute atomic E-state index is 0.0204. The van der Waals surface area contributed by atoms with Gasteiger partial charge >= 0.3 is 0 Å². The fourth-order valence-corrected chi connectivity index (χ4v) is 4.84. The van der Waals surface area contributed by atoms with Crippen molar-refractivity contribution in [1.82, 2.24) is 9.29 Å². The Morgan fingerprint density at radius 3 is 2.90 bits per heavy atom. The topological polar surface area (TPSA) is 94.3 Å². The van der Waals surface area contributed by atoms with Crippen LogP contribution in [0.25, 0.3) is 0 Å². The van der Waals surface area contributed by atoms with Crippen molar-refractivity contribution >= 4 is 10.0 Å². The van der Waals surface area contributed by atoms with Crippen molar-refractivity contribution in [3.05, 3.63) is 24.0 Å². The molecule has 0 spiro atoms. The third-order valence-corrected chi connectivity index (χ3v) is 6.14. The Labute approximate surface area is 117 Å². The van der Waals surface area contributed by atoms with E-state index < -0.39 is 16.1 Å². The first-order valence-corrected chi connectivity index (χ1v) is 8.01. The van der Waals surface area contributed by atoms with E-state index in [0.717, 1.165) is 12.8 Å². The number of nitriles is 1. The van der Waals surface area contributed by atoms with Crippen molar-refractivity contribution in [2.45, 2.75) is 23.8 Å². The molecule has 0 bridgehead atoms. The monoisotopic (exact) mass is 293 g/mol. The highest BCUT2D eigenvalue weighted by atomic mass is 32.2. The zero-order valence-corrected chi connectivity index (χ0v) is 11.6. The number of hydrogen-bond donors (Lipinski definition) is 1. The van der Waals surface area contributed by atoms with E-state index in [0.29, 0.717) is 13.1 Å². The van der Waals surface area contributed by atoms with Gasteiger partial charge in [0.25, 0.3) is 0 Å². The van der Waals surface area contributed by atoms with Crippen LogP contribution in [0, 0.1) is 23.2 Å². The molecule has 2 heterocycles. The zero-order chi connectivity index (χ0) is 14.3. The average Bonchev–Trinajstić information content (AvgIpc) is 3.02. The number of aromatic nitrogens is 1. The molecule has 2 fully saturated rings. The Hall–Kier alpha value is -1.49. The lowest BCUT2D eigenvalue weighted by atomic mass is 10.00. The van der Waals surface area contributed by atoms with Crippen LogP contribution < -0.4 is 0 Å². The van der Waals surface area contributed by atoms with Crippen LogP contribution in [0.2, 0.25) is 0 Å². The summed E-state index contributed by atoms with van der Waals surface area (Å²) in [5.74, 6) is 0.244. The number of hydrogen-bond acceptors (Lipinski definition) is 5. The van der Waals surface area contributed by atoms with Crippen LogP contribution in [-0.4, -0.2) is 42.0 Å². The van der Waals surface area contributed by atoms with E-state index in [9.17, 15) is 13.5 Å². The summed E-state index contributed by atoms with van der Waals surface area (Å²) in [6.07, 6.45) is 2.60. The molecule has 106 valence electrons. The zero-order valence-electron chi connectivity index (χ0n) is 10.8. The molecule has 3 rings (SSSR count). The molecule has 0 radical (unpaired) electrons. The Kier molecular flexibility index (Phi) is 3.24. The van der Waals surface area contributed by atoms with Crippen LogP contribution in [0.4, 0.5) is 0 Å². The highest BCUT2D eigenvalue weighted by Gasteiger charge is 2.46. The molecule has 1 aromatic rings. The second-order valence-electron chi connectivity index (χ2n) is 5.35. The molecule has 1 aliphatic carbocycles. The van der Waals surface area contributed by atoms with Crippen LogP contribution in [0.5, 0.6) is 0 Å². The largest absolute Gasteiger partial charge is 0.393 e. The standard InChI is InChI=1S/C13H15N3O3S/c14-6-11-13(2-1-5-15-11)20(18,19)16-7-9-3-4-12(17)10(9)8-16/h1-2,5,9-10,12,17H,3-4,7-8H2. The van der Waals surface area contributed by atoms with E-state index >= 15 is 0 Å². The molecule has 1 aliphatic heterocycles. The maximum Gasteiger partial charge on any atom is 0.245 e. The van der Waals surface area contributed by atoms with E-state index in [1.54, 1.807) is 0 Å². The molecule has 2 aliphatic rings. The van der Waals surface area contributed by atoms with Gasteiger partial charge in [-0.15, -0.1) is 0 Å². The molecule has 1 saturated carbocycles. The smallest absolute Gasteiger partial charge is 0.245 e. The van der Waals surface area contributed by atoms with Crippen LogP contribution in [0.15, 0.2) is 23.2 Å². The maximum atomic E-state index is 12.6. The number of aliphatic hydroxyl groups is 1. The fraction of sp³-hybridized carbons (Fsp3) is 0.538. The summed E-state index contributed by atoms with van der Waals surface area (Å²) in [4.78, 5) is 3.76. The highest BCUT2D eigenvalue weighted by Crippen LogP contribution is 2.40. The fourth-order valence-electron chi connectivity index (χ4n) is 3.21. The molecular weight excluding hydrogens is 278 g/mol. The summed E-state index contributed by atoms with van der Waals surface area (Å²) in [5.41, 5.74) is -0.0786. The van der Waals surface area contributed by atoms with Gasteiger partial charge in [-0.25, -0.2) is 13.4 Å². The second-order valence-corrected chi connectivity index (χ2v) is 7.26. The summed E-state index contributed by atoms with van der Waals surface area (Å²) in [6.45, 7) is 0.748. The van der Waals surface area contributed by atoms with Gasteiger partial charge in [0.1, 0.15) is 11.0 Å². The Bertz CT molecular complexity index is 668.